The van der Waals surface area contributed by atoms with Crippen molar-refractivity contribution in [1.29, 1.82) is 0 Å². The van der Waals surface area contributed by atoms with Crippen LogP contribution in [0, 0.1) is 13.8 Å². The highest BCUT2D eigenvalue weighted by molar-refractivity contribution is 7.91. The van der Waals surface area contributed by atoms with Crippen molar-refractivity contribution in [3.8, 4) is 0 Å². The minimum Gasteiger partial charge on any atom is -0.381 e. The number of rotatable bonds is 5. The van der Waals surface area contributed by atoms with Gasteiger partial charge in [0.2, 0.25) is 10.0 Å². The van der Waals surface area contributed by atoms with Gasteiger partial charge < -0.3 is 4.74 Å². The van der Waals surface area contributed by atoms with Crippen molar-refractivity contribution in [3.63, 3.8) is 0 Å². The summed E-state index contributed by atoms with van der Waals surface area (Å²) in [6, 6.07) is 11.9. The molecule has 0 radical (unpaired) electrons. The largest absolute Gasteiger partial charge is 0.381 e. The maximum Gasteiger partial charge on any atom is 0.250 e. The number of hydrogen-bond acceptors (Lipinski definition) is 4. The van der Waals surface area contributed by atoms with Gasteiger partial charge in [-0.15, -0.1) is 11.3 Å². The van der Waals surface area contributed by atoms with Crippen LogP contribution >= 0.6 is 11.3 Å². The van der Waals surface area contributed by atoms with E-state index in [0.717, 1.165) is 17.7 Å². The Morgan fingerprint density at radius 2 is 1.92 bits per heavy atom. The van der Waals surface area contributed by atoms with E-state index in [2.05, 4.69) is 29.8 Å². The van der Waals surface area contributed by atoms with Crippen LogP contribution in [0.5, 0.6) is 0 Å². The molecule has 0 saturated carbocycles. The molecule has 1 aromatic carbocycles. The van der Waals surface area contributed by atoms with Crippen molar-refractivity contribution in [2.45, 2.75) is 36.3 Å². The molecular weight excluding hydrogens is 342 g/mol. The maximum atomic E-state index is 12.6. The Kier molecular flexibility index (Phi) is 5.11. The summed E-state index contributed by atoms with van der Waals surface area (Å²) in [5.74, 6) is 0. The molecular formula is C18H23NO3S2. The zero-order chi connectivity index (χ0) is 17.2. The van der Waals surface area contributed by atoms with Crippen molar-refractivity contribution >= 4 is 21.4 Å². The second-order valence-electron chi connectivity index (χ2n) is 6.45. The first-order valence-corrected chi connectivity index (χ1v) is 10.4. The number of sulfonamides is 1. The third-order valence-corrected chi connectivity index (χ3v) is 7.56. The lowest BCUT2D eigenvalue weighted by Crippen LogP contribution is -2.44. The fraction of sp³-hybridized carbons (Fsp3) is 0.444. The van der Waals surface area contributed by atoms with E-state index in [0.29, 0.717) is 24.0 Å². The SMILES string of the molecule is Cc1cccc(C2(CNS(=O)(=O)c3ccc(C)s3)CCOCC2)c1. The third kappa shape index (κ3) is 3.72. The zero-order valence-corrected chi connectivity index (χ0v) is 15.7. The van der Waals surface area contributed by atoms with Gasteiger partial charge in [-0.05, 0) is 44.4 Å². The summed E-state index contributed by atoms with van der Waals surface area (Å²) in [5, 5.41) is 0. The van der Waals surface area contributed by atoms with Crippen LogP contribution in [0.15, 0.2) is 40.6 Å². The molecule has 0 spiro atoms. The molecule has 0 atom stereocenters. The van der Waals surface area contributed by atoms with Crippen LogP contribution in [0.1, 0.15) is 28.8 Å². The molecule has 4 nitrogen and oxygen atoms in total. The van der Waals surface area contributed by atoms with Gasteiger partial charge in [0, 0.05) is 30.1 Å². The van der Waals surface area contributed by atoms with E-state index >= 15 is 0 Å². The van der Waals surface area contributed by atoms with Gasteiger partial charge in [0.1, 0.15) is 4.21 Å². The van der Waals surface area contributed by atoms with E-state index in [4.69, 9.17) is 4.74 Å². The molecule has 2 heterocycles. The molecule has 1 aromatic heterocycles. The molecule has 0 aliphatic carbocycles. The molecule has 1 aliphatic rings. The van der Waals surface area contributed by atoms with Gasteiger partial charge in [0.15, 0.2) is 0 Å². The maximum absolute atomic E-state index is 12.6. The number of thiophene rings is 1. The predicted octanol–water partition coefficient (Wildman–Crippen LogP) is 3.39. The van der Waals surface area contributed by atoms with E-state index in [1.165, 1.54) is 22.5 Å². The minimum absolute atomic E-state index is 0.205. The van der Waals surface area contributed by atoms with Crippen molar-refractivity contribution in [2.24, 2.45) is 0 Å². The van der Waals surface area contributed by atoms with Crippen LogP contribution < -0.4 is 4.72 Å². The number of hydrogen-bond donors (Lipinski definition) is 1. The van der Waals surface area contributed by atoms with Gasteiger partial charge in [-0.25, -0.2) is 13.1 Å². The van der Waals surface area contributed by atoms with Crippen LogP contribution in [0.25, 0.3) is 0 Å². The van der Waals surface area contributed by atoms with Gasteiger partial charge in [-0.2, -0.15) is 0 Å². The van der Waals surface area contributed by atoms with Crippen LogP contribution in [0.2, 0.25) is 0 Å². The number of benzene rings is 1. The van der Waals surface area contributed by atoms with E-state index < -0.39 is 10.0 Å². The molecule has 0 bridgehead atoms. The summed E-state index contributed by atoms with van der Waals surface area (Å²) in [6.45, 7) is 5.70. The van der Waals surface area contributed by atoms with Gasteiger partial charge in [0.05, 0.1) is 0 Å². The molecule has 1 fully saturated rings. The lowest BCUT2D eigenvalue weighted by Gasteiger charge is -2.38. The monoisotopic (exact) mass is 365 g/mol. The molecule has 0 amide bonds. The summed E-state index contributed by atoms with van der Waals surface area (Å²) >= 11 is 1.30. The Hall–Kier alpha value is -1.21. The standard InChI is InChI=1S/C18H23NO3S2/c1-14-4-3-5-16(12-14)18(8-10-22-11-9-18)13-19-24(20,21)17-7-6-15(2)23-17/h3-7,12,19H,8-11,13H2,1-2H3. The molecule has 2 aromatic rings. The van der Waals surface area contributed by atoms with Crippen LogP contribution in [0.4, 0.5) is 0 Å². The van der Waals surface area contributed by atoms with Crippen molar-refractivity contribution < 1.29 is 13.2 Å². The minimum atomic E-state index is -3.47. The van der Waals surface area contributed by atoms with Crippen molar-refractivity contribution in [2.75, 3.05) is 19.8 Å². The van der Waals surface area contributed by atoms with Crippen LogP contribution in [-0.4, -0.2) is 28.2 Å². The molecule has 3 rings (SSSR count). The summed E-state index contributed by atoms with van der Waals surface area (Å²) in [5.41, 5.74) is 2.18. The molecule has 1 N–H and O–H groups in total. The van der Waals surface area contributed by atoms with Crippen molar-refractivity contribution in [1.82, 2.24) is 4.72 Å². The molecule has 130 valence electrons. The number of nitrogens with one attached hydrogen (secondary N) is 1. The summed E-state index contributed by atoms with van der Waals surface area (Å²) in [7, 11) is -3.47. The average Bonchev–Trinajstić information content (AvgIpc) is 3.01. The highest BCUT2D eigenvalue weighted by atomic mass is 32.2. The highest BCUT2D eigenvalue weighted by Crippen LogP contribution is 2.35. The Labute approximate surface area is 147 Å². The van der Waals surface area contributed by atoms with E-state index in [1.807, 2.05) is 19.1 Å². The lowest BCUT2D eigenvalue weighted by atomic mass is 9.74. The Balaban J connectivity index is 1.85. The average molecular weight is 366 g/mol. The second-order valence-corrected chi connectivity index (χ2v) is 9.73. The summed E-state index contributed by atoms with van der Waals surface area (Å²) < 4.78 is 33.9. The summed E-state index contributed by atoms with van der Waals surface area (Å²) in [4.78, 5) is 0.995. The molecule has 0 unspecified atom stereocenters. The summed E-state index contributed by atoms with van der Waals surface area (Å²) in [6.07, 6.45) is 1.64. The first kappa shape index (κ1) is 17.6. The van der Waals surface area contributed by atoms with Crippen molar-refractivity contribution in [3.05, 3.63) is 52.4 Å². The van der Waals surface area contributed by atoms with Gasteiger partial charge in [-0.3, -0.25) is 0 Å². The fourth-order valence-electron chi connectivity index (χ4n) is 3.17. The lowest BCUT2D eigenvalue weighted by molar-refractivity contribution is 0.0517. The Morgan fingerprint density at radius 3 is 2.54 bits per heavy atom. The molecule has 24 heavy (non-hydrogen) atoms. The highest BCUT2D eigenvalue weighted by Gasteiger charge is 2.36. The molecule has 1 aliphatic heterocycles. The third-order valence-electron chi connectivity index (χ3n) is 4.66. The first-order chi connectivity index (χ1) is 11.4. The van der Waals surface area contributed by atoms with Crippen LogP contribution in [-0.2, 0) is 20.2 Å². The smallest absolute Gasteiger partial charge is 0.250 e. The number of ether oxygens (including phenoxy) is 1. The van der Waals surface area contributed by atoms with Gasteiger partial charge in [0.25, 0.3) is 0 Å². The first-order valence-electron chi connectivity index (χ1n) is 8.12. The zero-order valence-electron chi connectivity index (χ0n) is 14.0. The molecule has 6 heteroatoms. The Bertz CT molecular complexity index is 805. The topological polar surface area (TPSA) is 55.4 Å². The quantitative estimate of drug-likeness (QED) is 0.884. The van der Waals surface area contributed by atoms with E-state index in [-0.39, 0.29) is 5.41 Å². The van der Waals surface area contributed by atoms with Gasteiger partial charge >= 0.3 is 0 Å². The number of aryl methyl sites for hydroxylation is 2. The predicted molar refractivity (Wildman–Crippen MR) is 97.2 cm³/mol. The fourth-order valence-corrected chi connectivity index (χ4v) is 5.62. The van der Waals surface area contributed by atoms with Crippen LogP contribution in [0.3, 0.4) is 0 Å². The van der Waals surface area contributed by atoms with E-state index in [1.54, 1.807) is 6.07 Å². The van der Waals surface area contributed by atoms with Gasteiger partial charge in [-0.1, -0.05) is 29.8 Å². The Morgan fingerprint density at radius 1 is 1.17 bits per heavy atom. The molecule has 1 saturated heterocycles. The van der Waals surface area contributed by atoms with E-state index in [9.17, 15) is 8.42 Å². The normalized spacial score (nSPS) is 17.8. The second kappa shape index (κ2) is 6.96.